The third-order valence-electron chi connectivity index (χ3n) is 3.65. The lowest BCUT2D eigenvalue weighted by Gasteiger charge is -2.44. The fraction of sp³-hybridized carbons (Fsp3) is 0.538. The molecule has 0 atom stereocenters. The van der Waals surface area contributed by atoms with E-state index in [9.17, 15) is 4.79 Å². The number of pyridine rings is 1. The summed E-state index contributed by atoms with van der Waals surface area (Å²) < 4.78 is 0. The smallest absolute Gasteiger partial charge is 0.242 e. The molecule has 0 spiro atoms. The van der Waals surface area contributed by atoms with Crippen LogP contribution in [0.15, 0.2) is 18.3 Å². The topological polar surface area (TPSA) is 62.5 Å². The van der Waals surface area contributed by atoms with E-state index in [1.807, 2.05) is 33.0 Å². The summed E-state index contributed by atoms with van der Waals surface area (Å²) in [6.45, 7) is 6.17. The Morgan fingerprint density at radius 2 is 2.17 bits per heavy atom. The van der Waals surface area contributed by atoms with Gasteiger partial charge in [0.1, 0.15) is 5.82 Å². The number of carbonyl (C=O) groups excluding carboxylic acids is 1. The van der Waals surface area contributed by atoms with Crippen LogP contribution in [0.5, 0.6) is 0 Å². The Bertz CT molecular complexity index is 458. The van der Waals surface area contributed by atoms with E-state index in [-0.39, 0.29) is 5.91 Å². The van der Waals surface area contributed by atoms with Gasteiger partial charge in [-0.2, -0.15) is 0 Å². The lowest BCUT2D eigenvalue weighted by Crippen LogP contribution is -2.61. The average molecular weight is 248 g/mol. The summed E-state index contributed by atoms with van der Waals surface area (Å²) in [5, 5.41) is 0. The molecule has 1 saturated heterocycles. The van der Waals surface area contributed by atoms with Crippen LogP contribution in [0.4, 0.5) is 5.82 Å². The van der Waals surface area contributed by atoms with E-state index in [1.165, 1.54) is 0 Å². The molecule has 2 N–H and O–H groups in total. The predicted molar refractivity (Wildman–Crippen MR) is 70.8 cm³/mol. The van der Waals surface area contributed by atoms with Gasteiger partial charge in [0, 0.05) is 38.4 Å². The van der Waals surface area contributed by atoms with E-state index in [0.29, 0.717) is 12.4 Å². The normalized spacial score (nSPS) is 20.2. The molecule has 0 aliphatic carbocycles. The van der Waals surface area contributed by atoms with Gasteiger partial charge >= 0.3 is 0 Å². The van der Waals surface area contributed by atoms with Crippen molar-refractivity contribution in [3.8, 4) is 0 Å². The molecule has 2 rings (SSSR count). The Labute approximate surface area is 108 Å². The highest BCUT2D eigenvalue weighted by Gasteiger charge is 2.40. The maximum Gasteiger partial charge on any atom is 0.242 e. The molecule has 5 nitrogen and oxygen atoms in total. The Kier molecular flexibility index (Phi) is 3.26. The van der Waals surface area contributed by atoms with Gasteiger partial charge in [0.25, 0.3) is 0 Å². The number of amides is 1. The van der Waals surface area contributed by atoms with Crippen LogP contribution in [-0.4, -0.2) is 46.4 Å². The van der Waals surface area contributed by atoms with Crippen LogP contribution in [0, 0.1) is 0 Å². The molecule has 1 amide bonds. The Hall–Kier alpha value is -1.62. The molecule has 18 heavy (non-hydrogen) atoms. The summed E-state index contributed by atoms with van der Waals surface area (Å²) in [6.07, 6.45) is 1.68. The molecule has 98 valence electrons. The van der Waals surface area contributed by atoms with Gasteiger partial charge in [0.05, 0.1) is 5.54 Å². The Morgan fingerprint density at radius 3 is 2.83 bits per heavy atom. The van der Waals surface area contributed by atoms with Gasteiger partial charge < -0.3 is 10.6 Å². The molecular weight excluding hydrogens is 228 g/mol. The maximum atomic E-state index is 12.2. The molecule has 1 aromatic heterocycles. The zero-order valence-corrected chi connectivity index (χ0v) is 11.2. The second-order valence-corrected chi connectivity index (χ2v) is 5.26. The molecule has 1 fully saturated rings. The van der Waals surface area contributed by atoms with E-state index >= 15 is 0 Å². The molecule has 0 unspecified atom stereocenters. The number of aromatic nitrogens is 1. The quantitative estimate of drug-likeness (QED) is 0.837. The van der Waals surface area contributed by atoms with Crippen LogP contribution in [0.3, 0.4) is 0 Å². The van der Waals surface area contributed by atoms with Crippen molar-refractivity contribution in [2.45, 2.75) is 25.9 Å². The van der Waals surface area contributed by atoms with E-state index < -0.39 is 5.54 Å². The fourth-order valence-electron chi connectivity index (χ4n) is 2.32. The third kappa shape index (κ3) is 2.18. The highest BCUT2D eigenvalue weighted by Crippen LogP contribution is 2.24. The maximum absolute atomic E-state index is 12.2. The van der Waals surface area contributed by atoms with Crippen LogP contribution < -0.4 is 5.73 Å². The molecule has 0 radical (unpaired) electrons. The second-order valence-electron chi connectivity index (χ2n) is 5.26. The highest BCUT2D eigenvalue weighted by molar-refractivity contribution is 5.86. The highest BCUT2D eigenvalue weighted by atomic mass is 16.2. The summed E-state index contributed by atoms with van der Waals surface area (Å²) in [5.41, 5.74) is 6.34. The molecule has 1 aliphatic heterocycles. The van der Waals surface area contributed by atoms with E-state index in [4.69, 9.17) is 5.73 Å². The standard InChI is InChI=1S/C13H20N4O/c1-13(2)12(18)16(3)7-8-17(13)9-10-5-4-6-15-11(10)14/h4-6H,7-9H2,1-3H3,(H2,14,15). The fourth-order valence-corrected chi connectivity index (χ4v) is 2.32. The SMILES string of the molecule is CN1CCN(Cc2cccnc2N)C(C)(C)C1=O. The van der Waals surface area contributed by atoms with Crippen molar-refractivity contribution in [2.24, 2.45) is 0 Å². The number of nitrogen functional groups attached to an aromatic ring is 1. The molecule has 5 heteroatoms. The number of piperazine rings is 1. The van der Waals surface area contributed by atoms with Crippen molar-refractivity contribution in [1.29, 1.82) is 0 Å². The summed E-state index contributed by atoms with van der Waals surface area (Å²) in [6, 6.07) is 3.83. The van der Waals surface area contributed by atoms with Crippen LogP contribution in [0.1, 0.15) is 19.4 Å². The average Bonchev–Trinajstić information content (AvgIpc) is 2.33. The van der Waals surface area contributed by atoms with Crippen molar-refractivity contribution in [3.05, 3.63) is 23.9 Å². The first kappa shape index (κ1) is 12.8. The van der Waals surface area contributed by atoms with Gasteiger partial charge in [-0.05, 0) is 19.9 Å². The van der Waals surface area contributed by atoms with Crippen LogP contribution >= 0.6 is 0 Å². The number of likely N-dealkylation sites (N-methyl/N-ethyl adjacent to an activating group) is 1. The summed E-state index contributed by atoms with van der Waals surface area (Å²) in [4.78, 5) is 20.2. The minimum absolute atomic E-state index is 0.149. The van der Waals surface area contributed by atoms with E-state index in [0.717, 1.165) is 18.7 Å². The second kappa shape index (κ2) is 4.57. The minimum atomic E-state index is -0.491. The molecule has 2 heterocycles. The van der Waals surface area contributed by atoms with Crippen molar-refractivity contribution >= 4 is 11.7 Å². The number of rotatable bonds is 2. The molecular formula is C13H20N4O. The van der Waals surface area contributed by atoms with Gasteiger partial charge in [-0.15, -0.1) is 0 Å². The monoisotopic (exact) mass is 248 g/mol. The first-order chi connectivity index (χ1) is 8.43. The lowest BCUT2D eigenvalue weighted by atomic mass is 9.97. The van der Waals surface area contributed by atoms with Gasteiger partial charge in [-0.1, -0.05) is 6.07 Å². The van der Waals surface area contributed by atoms with Gasteiger partial charge in [-0.3, -0.25) is 9.69 Å². The first-order valence-electron chi connectivity index (χ1n) is 6.13. The first-order valence-corrected chi connectivity index (χ1v) is 6.13. The Morgan fingerprint density at radius 1 is 1.44 bits per heavy atom. The van der Waals surface area contributed by atoms with Crippen molar-refractivity contribution in [3.63, 3.8) is 0 Å². The number of hydrogen-bond acceptors (Lipinski definition) is 4. The third-order valence-corrected chi connectivity index (χ3v) is 3.65. The van der Waals surface area contributed by atoms with Crippen molar-refractivity contribution in [2.75, 3.05) is 25.9 Å². The van der Waals surface area contributed by atoms with Gasteiger partial charge in [0.2, 0.25) is 5.91 Å². The van der Waals surface area contributed by atoms with Crippen LogP contribution in [0.25, 0.3) is 0 Å². The largest absolute Gasteiger partial charge is 0.383 e. The summed E-state index contributed by atoms with van der Waals surface area (Å²) in [5.74, 6) is 0.691. The van der Waals surface area contributed by atoms with Gasteiger partial charge in [-0.25, -0.2) is 4.98 Å². The van der Waals surface area contributed by atoms with E-state index in [2.05, 4.69) is 9.88 Å². The lowest BCUT2D eigenvalue weighted by molar-refractivity contribution is -0.147. The molecule has 1 aromatic rings. The molecule has 0 bridgehead atoms. The molecule has 0 saturated carbocycles. The number of nitrogens with zero attached hydrogens (tertiary/aromatic N) is 3. The number of anilines is 1. The van der Waals surface area contributed by atoms with Crippen LogP contribution in [-0.2, 0) is 11.3 Å². The summed E-state index contributed by atoms with van der Waals surface area (Å²) >= 11 is 0. The van der Waals surface area contributed by atoms with Crippen LogP contribution in [0.2, 0.25) is 0 Å². The zero-order valence-electron chi connectivity index (χ0n) is 11.2. The Balaban J connectivity index is 2.19. The summed E-state index contributed by atoms with van der Waals surface area (Å²) in [7, 11) is 1.85. The van der Waals surface area contributed by atoms with E-state index in [1.54, 1.807) is 11.1 Å². The minimum Gasteiger partial charge on any atom is -0.383 e. The molecule has 0 aromatic carbocycles. The zero-order chi connectivity index (χ0) is 13.3. The number of nitrogens with two attached hydrogens (primary N) is 1. The van der Waals surface area contributed by atoms with Crippen molar-refractivity contribution < 1.29 is 4.79 Å². The number of hydrogen-bond donors (Lipinski definition) is 1. The number of carbonyl (C=O) groups is 1. The van der Waals surface area contributed by atoms with Crippen molar-refractivity contribution in [1.82, 2.24) is 14.8 Å². The molecule has 1 aliphatic rings. The van der Waals surface area contributed by atoms with Gasteiger partial charge in [0.15, 0.2) is 0 Å². The predicted octanol–water partition coefficient (Wildman–Crippen LogP) is 0.716.